The Morgan fingerprint density at radius 3 is 2.57 bits per heavy atom. The van der Waals surface area contributed by atoms with E-state index < -0.39 is 15.7 Å². The van der Waals surface area contributed by atoms with Gasteiger partial charge in [-0.05, 0) is 0 Å². The summed E-state index contributed by atoms with van der Waals surface area (Å²) >= 11 is 2.87. The highest BCUT2D eigenvalue weighted by Gasteiger charge is 2.24. The van der Waals surface area contributed by atoms with E-state index in [-0.39, 0.29) is 11.3 Å². The monoisotopic (exact) mass is 259 g/mol. The Kier molecular flexibility index (Phi) is 3.19. The highest BCUT2D eigenvalue weighted by Crippen LogP contribution is 2.30. The lowest BCUT2D eigenvalue weighted by molar-refractivity contribution is -0.385. The lowest BCUT2D eigenvalue weighted by Gasteiger charge is -2.04. The molecule has 0 saturated heterocycles. The molecule has 74 valence electrons. The van der Waals surface area contributed by atoms with Crippen molar-refractivity contribution >= 4 is 27.6 Å². The van der Waals surface area contributed by atoms with Crippen LogP contribution in [-0.2, 0) is 4.79 Å². The van der Waals surface area contributed by atoms with Crippen molar-refractivity contribution in [3.63, 3.8) is 0 Å². The molecule has 0 aliphatic heterocycles. The van der Waals surface area contributed by atoms with Crippen LogP contribution in [0.5, 0.6) is 0 Å². The fourth-order valence-electron chi connectivity index (χ4n) is 1.00. The standard InChI is InChI=1S/C8H6BrNO4/c9-7(8(11)12)5-3-1-2-4-6(5)10(13)14/h1-4,7H,(H,11,12)/t7-/m0/s1. The molecule has 0 radical (unpaired) electrons. The van der Waals surface area contributed by atoms with Gasteiger partial charge in [-0.2, -0.15) is 0 Å². The number of hydrogen-bond donors (Lipinski definition) is 1. The van der Waals surface area contributed by atoms with E-state index in [9.17, 15) is 14.9 Å². The SMILES string of the molecule is O=C(O)[C@@H](Br)c1ccccc1[N+](=O)[O-]. The van der Waals surface area contributed by atoms with Crippen molar-refractivity contribution in [2.45, 2.75) is 4.83 Å². The molecule has 0 aliphatic rings. The second kappa shape index (κ2) is 4.19. The molecule has 6 heteroatoms. The molecule has 0 saturated carbocycles. The lowest BCUT2D eigenvalue weighted by Crippen LogP contribution is -2.06. The Labute approximate surface area is 87.6 Å². The van der Waals surface area contributed by atoms with E-state index in [2.05, 4.69) is 15.9 Å². The summed E-state index contributed by atoms with van der Waals surface area (Å²) in [6, 6.07) is 5.72. The number of nitro groups is 1. The fraction of sp³-hybridized carbons (Fsp3) is 0.125. The van der Waals surface area contributed by atoms with E-state index in [1.165, 1.54) is 18.2 Å². The predicted octanol–water partition coefficient (Wildman–Crippen LogP) is 2.12. The highest BCUT2D eigenvalue weighted by molar-refractivity contribution is 9.09. The molecule has 0 unspecified atom stereocenters. The van der Waals surface area contributed by atoms with Crippen LogP contribution in [0, 0.1) is 10.1 Å². The van der Waals surface area contributed by atoms with Gasteiger partial charge in [0.15, 0.2) is 0 Å². The number of carbonyl (C=O) groups is 1. The first kappa shape index (κ1) is 10.6. The van der Waals surface area contributed by atoms with Crippen LogP contribution in [0.3, 0.4) is 0 Å². The highest BCUT2D eigenvalue weighted by atomic mass is 79.9. The number of aliphatic carboxylic acids is 1. The topological polar surface area (TPSA) is 80.4 Å². The number of benzene rings is 1. The van der Waals surface area contributed by atoms with Gasteiger partial charge in [-0.15, -0.1) is 0 Å². The average Bonchev–Trinajstić information content (AvgIpc) is 2.16. The number of hydrogen-bond acceptors (Lipinski definition) is 3. The Morgan fingerprint density at radius 1 is 1.50 bits per heavy atom. The summed E-state index contributed by atoms with van der Waals surface area (Å²) in [4.78, 5) is 19.5. The second-order valence-corrected chi connectivity index (χ2v) is 3.43. The van der Waals surface area contributed by atoms with E-state index in [1.807, 2.05) is 0 Å². The van der Waals surface area contributed by atoms with Crippen LogP contribution in [0.1, 0.15) is 10.4 Å². The Morgan fingerprint density at radius 2 is 2.07 bits per heavy atom. The number of carboxylic acid groups (broad SMARTS) is 1. The van der Waals surface area contributed by atoms with Crippen LogP contribution in [-0.4, -0.2) is 16.0 Å². The van der Waals surface area contributed by atoms with Crippen molar-refractivity contribution in [2.75, 3.05) is 0 Å². The third kappa shape index (κ3) is 2.08. The van der Waals surface area contributed by atoms with Crippen LogP contribution in [0.15, 0.2) is 24.3 Å². The minimum absolute atomic E-state index is 0.144. The summed E-state index contributed by atoms with van der Waals surface area (Å²) in [6.45, 7) is 0. The number of nitrogens with zero attached hydrogens (tertiary/aromatic N) is 1. The molecule has 1 atom stereocenters. The van der Waals surface area contributed by atoms with Crippen LogP contribution in [0.2, 0.25) is 0 Å². The van der Waals surface area contributed by atoms with E-state index in [4.69, 9.17) is 5.11 Å². The van der Waals surface area contributed by atoms with Gasteiger partial charge in [-0.1, -0.05) is 34.1 Å². The zero-order chi connectivity index (χ0) is 10.7. The molecule has 0 aliphatic carbocycles. The zero-order valence-corrected chi connectivity index (χ0v) is 8.47. The molecule has 0 amide bonds. The van der Waals surface area contributed by atoms with E-state index in [0.29, 0.717) is 0 Å². The number of carboxylic acids is 1. The minimum Gasteiger partial charge on any atom is -0.480 e. The normalized spacial score (nSPS) is 12.1. The number of rotatable bonds is 3. The van der Waals surface area contributed by atoms with Gasteiger partial charge in [0.2, 0.25) is 0 Å². The molecule has 0 bridgehead atoms. The van der Waals surface area contributed by atoms with Gasteiger partial charge in [-0.3, -0.25) is 14.9 Å². The summed E-state index contributed by atoms with van der Waals surface area (Å²) in [6.07, 6.45) is 0. The maximum absolute atomic E-state index is 10.6. The van der Waals surface area contributed by atoms with Crippen molar-refractivity contribution < 1.29 is 14.8 Å². The van der Waals surface area contributed by atoms with Crippen molar-refractivity contribution in [2.24, 2.45) is 0 Å². The molecular weight excluding hydrogens is 254 g/mol. The molecule has 5 nitrogen and oxygen atoms in total. The molecular formula is C8H6BrNO4. The van der Waals surface area contributed by atoms with Crippen molar-refractivity contribution in [1.82, 2.24) is 0 Å². The van der Waals surface area contributed by atoms with Crippen molar-refractivity contribution in [1.29, 1.82) is 0 Å². The minimum atomic E-state index is -1.15. The predicted molar refractivity (Wildman–Crippen MR) is 52.4 cm³/mol. The summed E-state index contributed by atoms with van der Waals surface area (Å²) in [5.74, 6) is -1.15. The smallest absolute Gasteiger partial charge is 0.322 e. The van der Waals surface area contributed by atoms with Gasteiger partial charge >= 0.3 is 5.97 Å². The molecule has 1 aromatic carbocycles. The molecule has 0 heterocycles. The quantitative estimate of drug-likeness (QED) is 0.512. The summed E-state index contributed by atoms with van der Waals surface area (Å²) < 4.78 is 0. The first-order valence-corrected chi connectivity index (χ1v) is 4.56. The largest absolute Gasteiger partial charge is 0.480 e. The molecule has 0 fully saturated rings. The van der Waals surface area contributed by atoms with E-state index in [1.54, 1.807) is 6.07 Å². The Hall–Kier alpha value is -1.43. The van der Waals surface area contributed by atoms with Gasteiger partial charge in [0, 0.05) is 6.07 Å². The average molecular weight is 260 g/mol. The lowest BCUT2D eigenvalue weighted by atomic mass is 10.1. The fourth-order valence-corrected chi connectivity index (χ4v) is 1.39. The number of nitro benzene ring substituents is 1. The third-order valence-electron chi connectivity index (χ3n) is 1.62. The number of alkyl halides is 1. The van der Waals surface area contributed by atoms with Gasteiger partial charge < -0.3 is 5.11 Å². The summed E-state index contributed by atoms with van der Waals surface area (Å²) in [7, 11) is 0. The Bertz CT molecular complexity index is 379. The van der Waals surface area contributed by atoms with Crippen LogP contribution in [0.4, 0.5) is 5.69 Å². The van der Waals surface area contributed by atoms with Crippen LogP contribution < -0.4 is 0 Å². The second-order valence-electron chi connectivity index (χ2n) is 2.52. The molecule has 14 heavy (non-hydrogen) atoms. The van der Waals surface area contributed by atoms with Crippen LogP contribution >= 0.6 is 15.9 Å². The van der Waals surface area contributed by atoms with Crippen molar-refractivity contribution in [3.8, 4) is 0 Å². The van der Waals surface area contributed by atoms with Gasteiger partial charge in [0.05, 0.1) is 10.5 Å². The first-order valence-electron chi connectivity index (χ1n) is 3.64. The maximum Gasteiger partial charge on any atom is 0.322 e. The molecule has 0 aromatic heterocycles. The summed E-state index contributed by atoms with van der Waals surface area (Å²) in [5.41, 5.74) is -0.0539. The van der Waals surface area contributed by atoms with Crippen LogP contribution in [0.25, 0.3) is 0 Å². The van der Waals surface area contributed by atoms with Gasteiger partial charge in [0.25, 0.3) is 5.69 Å². The van der Waals surface area contributed by atoms with Gasteiger partial charge in [-0.25, -0.2) is 0 Å². The van der Waals surface area contributed by atoms with Gasteiger partial charge in [0.1, 0.15) is 4.83 Å². The molecule has 0 spiro atoms. The molecule has 1 rings (SSSR count). The summed E-state index contributed by atoms with van der Waals surface area (Å²) in [5, 5.41) is 19.2. The number of halogens is 1. The maximum atomic E-state index is 10.6. The van der Waals surface area contributed by atoms with E-state index in [0.717, 1.165) is 0 Å². The first-order chi connectivity index (χ1) is 6.54. The number of para-hydroxylation sites is 1. The Balaban J connectivity index is 3.19. The molecule has 1 aromatic rings. The molecule has 1 N–H and O–H groups in total. The third-order valence-corrected chi connectivity index (χ3v) is 2.51. The van der Waals surface area contributed by atoms with Crippen molar-refractivity contribution in [3.05, 3.63) is 39.9 Å². The van der Waals surface area contributed by atoms with E-state index >= 15 is 0 Å². The zero-order valence-electron chi connectivity index (χ0n) is 6.88.